The summed E-state index contributed by atoms with van der Waals surface area (Å²) in [6.45, 7) is 11.0. The average Bonchev–Trinajstić information content (AvgIpc) is 3.19. The first-order chi connectivity index (χ1) is 18.8. The van der Waals surface area contributed by atoms with Crippen molar-refractivity contribution in [3.63, 3.8) is 0 Å². The van der Waals surface area contributed by atoms with Crippen LogP contribution in [0.15, 0.2) is 18.2 Å². The third kappa shape index (κ3) is 7.35. The van der Waals surface area contributed by atoms with Gasteiger partial charge in [0.15, 0.2) is 23.1 Å². The minimum Gasteiger partial charge on any atom is -0.493 e. The highest BCUT2D eigenvalue weighted by Gasteiger charge is 2.34. The SMILES string of the molecule is Br.CCOc1cc2c(c(F)c1OCC)C(=N)N(CC(=O)c1cc(C(=O)NCC(=O)O)c(OCC)c(C(C)(C)C)c1)C2. The van der Waals surface area contributed by atoms with Crippen LogP contribution in [0.1, 0.15) is 78.9 Å². The number of hydrogen-bond acceptors (Lipinski definition) is 7. The molecule has 3 N–H and O–H groups in total. The summed E-state index contributed by atoms with van der Waals surface area (Å²) < 4.78 is 32.3. The zero-order valence-corrected chi connectivity index (χ0v) is 25.8. The van der Waals surface area contributed by atoms with Gasteiger partial charge >= 0.3 is 5.97 Å². The number of nitrogens with zero attached hydrogens (tertiary/aromatic N) is 1. The summed E-state index contributed by atoms with van der Waals surface area (Å²) in [5.74, 6) is -2.75. The van der Waals surface area contributed by atoms with E-state index in [1.807, 2.05) is 20.8 Å². The molecule has 0 saturated carbocycles. The van der Waals surface area contributed by atoms with Crippen LogP contribution < -0.4 is 19.5 Å². The summed E-state index contributed by atoms with van der Waals surface area (Å²) >= 11 is 0. The summed E-state index contributed by atoms with van der Waals surface area (Å²) in [6.07, 6.45) is 0. The Bertz CT molecular complexity index is 1340. The fraction of sp³-hybridized carbons (Fsp3) is 0.448. The van der Waals surface area contributed by atoms with Crippen molar-refractivity contribution in [3.05, 3.63) is 51.8 Å². The van der Waals surface area contributed by atoms with Crippen LogP contribution in [0.5, 0.6) is 17.2 Å². The Morgan fingerprint density at radius 1 is 1.02 bits per heavy atom. The van der Waals surface area contributed by atoms with Gasteiger partial charge in [-0.05, 0) is 49.9 Å². The van der Waals surface area contributed by atoms with Crippen LogP contribution in [-0.2, 0) is 16.8 Å². The maximum atomic E-state index is 15.4. The molecule has 1 aliphatic rings. The molecule has 0 fully saturated rings. The predicted molar refractivity (Wildman–Crippen MR) is 157 cm³/mol. The highest BCUT2D eigenvalue weighted by Crippen LogP contribution is 2.39. The van der Waals surface area contributed by atoms with Gasteiger partial charge < -0.3 is 29.5 Å². The lowest BCUT2D eigenvalue weighted by Crippen LogP contribution is -2.32. The van der Waals surface area contributed by atoms with Gasteiger partial charge in [0.1, 0.15) is 18.1 Å². The van der Waals surface area contributed by atoms with Crippen molar-refractivity contribution in [3.8, 4) is 17.2 Å². The van der Waals surface area contributed by atoms with E-state index in [-0.39, 0.29) is 83.1 Å². The lowest BCUT2D eigenvalue weighted by Gasteiger charge is -2.26. The van der Waals surface area contributed by atoms with Gasteiger partial charge in [0.05, 0.1) is 37.5 Å². The summed E-state index contributed by atoms with van der Waals surface area (Å²) in [6, 6.07) is 4.65. The number of Topliss-reactive ketones (excluding diaryl/α,β-unsaturated/α-hetero) is 1. The lowest BCUT2D eigenvalue weighted by atomic mass is 9.83. The van der Waals surface area contributed by atoms with E-state index < -0.39 is 35.4 Å². The highest BCUT2D eigenvalue weighted by molar-refractivity contribution is 8.93. The number of benzene rings is 2. The molecule has 1 heterocycles. The number of hydrogen-bond donors (Lipinski definition) is 3. The second kappa shape index (κ2) is 13.8. The number of carboxylic acid groups (broad SMARTS) is 1. The molecule has 2 aromatic rings. The van der Waals surface area contributed by atoms with Crippen molar-refractivity contribution in [1.82, 2.24) is 10.2 Å². The third-order valence-corrected chi connectivity index (χ3v) is 6.26. The van der Waals surface area contributed by atoms with Crippen molar-refractivity contribution in [2.45, 2.75) is 53.5 Å². The second-order valence-electron chi connectivity index (χ2n) is 10.2. The molecule has 0 unspecified atom stereocenters. The van der Waals surface area contributed by atoms with Gasteiger partial charge in [-0.2, -0.15) is 0 Å². The topological polar surface area (TPSA) is 138 Å². The molecule has 2 aromatic carbocycles. The largest absolute Gasteiger partial charge is 0.493 e. The molecule has 12 heteroatoms. The van der Waals surface area contributed by atoms with E-state index in [2.05, 4.69) is 5.32 Å². The van der Waals surface area contributed by atoms with Crippen LogP contribution in [0.2, 0.25) is 0 Å². The average molecular weight is 639 g/mol. The fourth-order valence-electron chi connectivity index (χ4n) is 4.49. The standard InChI is InChI=1S/C29H36FN3O7.BrH/c1-7-38-21-12-17-14-33(27(31)23(17)24(30)26(21)40-9-3)15-20(34)16-10-18(28(37)32-13-22(35)36)25(39-8-2)19(11-16)29(4,5)6;/h10-12,31H,7-9,13-15H2,1-6H3,(H,32,37)(H,35,36);1H. The van der Waals surface area contributed by atoms with Crippen LogP contribution in [-0.4, -0.2) is 66.4 Å². The zero-order chi connectivity index (χ0) is 29.8. The minimum absolute atomic E-state index is 0. The van der Waals surface area contributed by atoms with E-state index in [9.17, 15) is 14.4 Å². The van der Waals surface area contributed by atoms with E-state index in [1.165, 1.54) is 11.0 Å². The molecule has 3 rings (SSSR count). The number of ether oxygens (including phenoxy) is 3. The Morgan fingerprint density at radius 3 is 2.20 bits per heavy atom. The van der Waals surface area contributed by atoms with Crippen molar-refractivity contribution in [1.29, 1.82) is 5.41 Å². The summed E-state index contributed by atoms with van der Waals surface area (Å²) in [5.41, 5.74) is 0.825. The van der Waals surface area contributed by atoms with E-state index in [0.29, 0.717) is 17.7 Å². The number of carbonyl (C=O) groups excluding carboxylic acids is 2. The molecule has 224 valence electrons. The molecule has 0 atom stereocenters. The fourth-order valence-corrected chi connectivity index (χ4v) is 4.49. The number of aliphatic carboxylic acids is 1. The van der Waals surface area contributed by atoms with Crippen LogP contribution in [0.3, 0.4) is 0 Å². The first kappa shape index (κ1) is 33.5. The Labute approximate surface area is 249 Å². The van der Waals surface area contributed by atoms with Crippen LogP contribution >= 0.6 is 17.0 Å². The van der Waals surface area contributed by atoms with Gasteiger partial charge in [-0.1, -0.05) is 20.8 Å². The Kier molecular flexibility index (Phi) is 11.3. The van der Waals surface area contributed by atoms with Gasteiger partial charge in [-0.3, -0.25) is 19.8 Å². The molecule has 0 bridgehead atoms. The number of halogens is 2. The summed E-state index contributed by atoms with van der Waals surface area (Å²) in [5, 5.41) is 20.0. The van der Waals surface area contributed by atoms with E-state index in [1.54, 1.807) is 32.9 Å². The Hall–Kier alpha value is -3.67. The molecular weight excluding hydrogens is 601 g/mol. The molecule has 0 saturated heterocycles. The van der Waals surface area contributed by atoms with Gasteiger partial charge in [0.2, 0.25) is 0 Å². The van der Waals surface area contributed by atoms with E-state index >= 15 is 4.39 Å². The van der Waals surface area contributed by atoms with Crippen LogP contribution in [0.4, 0.5) is 4.39 Å². The molecule has 0 spiro atoms. The number of amides is 1. The normalized spacial score (nSPS) is 12.4. The number of nitrogens with one attached hydrogen (secondary N) is 2. The molecule has 10 nitrogen and oxygen atoms in total. The van der Waals surface area contributed by atoms with E-state index in [0.717, 1.165) is 0 Å². The maximum absolute atomic E-state index is 15.4. The number of fused-ring (bicyclic) bond motifs is 1. The van der Waals surface area contributed by atoms with Crippen molar-refractivity contribution >= 4 is 40.5 Å². The number of carboxylic acids is 1. The minimum atomic E-state index is -1.21. The number of carbonyl (C=O) groups is 3. The molecule has 41 heavy (non-hydrogen) atoms. The van der Waals surface area contributed by atoms with Gasteiger partial charge in [0.25, 0.3) is 5.91 Å². The zero-order valence-electron chi connectivity index (χ0n) is 24.1. The van der Waals surface area contributed by atoms with Crippen molar-refractivity contribution < 1.29 is 38.1 Å². The van der Waals surface area contributed by atoms with Crippen molar-refractivity contribution in [2.24, 2.45) is 0 Å². The summed E-state index contributed by atoms with van der Waals surface area (Å²) in [4.78, 5) is 39.0. The molecule has 0 aliphatic carbocycles. The van der Waals surface area contributed by atoms with Gasteiger partial charge in [-0.25, -0.2) is 4.39 Å². The van der Waals surface area contributed by atoms with Gasteiger partial charge in [0, 0.05) is 17.7 Å². The Balaban J connectivity index is 0.00000588. The number of amidine groups is 1. The lowest BCUT2D eigenvalue weighted by molar-refractivity contribution is -0.135. The summed E-state index contributed by atoms with van der Waals surface area (Å²) in [7, 11) is 0. The number of rotatable bonds is 12. The molecule has 0 radical (unpaired) electrons. The third-order valence-electron chi connectivity index (χ3n) is 6.26. The maximum Gasteiger partial charge on any atom is 0.322 e. The monoisotopic (exact) mass is 637 g/mol. The van der Waals surface area contributed by atoms with Crippen molar-refractivity contribution in [2.75, 3.05) is 32.9 Å². The van der Waals surface area contributed by atoms with Gasteiger partial charge in [-0.15, -0.1) is 17.0 Å². The second-order valence-corrected chi connectivity index (χ2v) is 10.2. The molecular formula is C29H37BrFN3O7. The van der Waals surface area contributed by atoms with E-state index in [4.69, 9.17) is 24.7 Å². The quantitative estimate of drug-likeness (QED) is 0.284. The molecule has 0 aromatic heterocycles. The van der Waals surface area contributed by atoms with Crippen LogP contribution in [0.25, 0.3) is 0 Å². The first-order valence-electron chi connectivity index (χ1n) is 13.1. The molecule has 1 amide bonds. The molecule has 1 aliphatic heterocycles. The predicted octanol–water partition coefficient (Wildman–Crippen LogP) is 4.74. The smallest absolute Gasteiger partial charge is 0.322 e. The first-order valence-corrected chi connectivity index (χ1v) is 13.1. The Morgan fingerprint density at radius 2 is 1.63 bits per heavy atom. The number of ketones is 1. The highest BCUT2D eigenvalue weighted by atomic mass is 79.9. The van der Waals surface area contributed by atoms with Crippen LogP contribution in [0, 0.1) is 11.2 Å².